The molecule has 1 heterocycles. The zero-order chi connectivity index (χ0) is 18.0. The maximum atomic E-state index is 12.5. The smallest absolute Gasteiger partial charge is 0.253 e. The molecule has 0 aliphatic carbocycles. The molecule has 4 nitrogen and oxygen atoms in total. The lowest BCUT2D eigenvalue weighted by Crippen LogP contribution is -2.48. The van der Waals surface area contributed by atoms with E-state index in [2.05, 4.69) is 4.90 Å². The first-order chi connectivity index (χ1) is 11.9. The summed E-state index contributed by atoms with van der Waals surface area (Å²) in [4.78, 5) is 16.7. The van der Waals surface area contributed by atoms with Gasteiger partial charge in [-0.05, 0) is 36.8 Å². The van der Waals surface area contributed by atoms with Gasteiger partial charge in [-0.3, -0.25) is 9.69 Å². The van der Waals surface area contributed by atoms with Crippen molar-refractivity contribution in [3.63, 3.8) is 0 Å². The third-order valence-corrected chi connectivity index (χ3v) is 5.02. The highest BCUT2D eigenvalue weighted by atomic mass is 35.5. The van der Waals surface area contributed by atoms with Crippen LogP contribution in [-0.4, -0.2) is 47.0 Å². The number of halogens is 2. The number of piperazine rings is 1. The number of amides is 1. The molecule has 1 aliphatic heterocycles. The molecule has 0 spiro atoms. The first kappa shape index (κ1) is 18.1. The molecule has 6 heteroatoms. The van der Waals surface area contributed by atoms with Crippen molar-refractivity contribution in [1.82, 2.24) is 9.80 Å². The van der Waals surface area contributed by atoms with Crippen LogP contribution in [0.3, 0.4) is 0 Å². The molecule has 1 amide bonds. The van der Waals surface area contributed by atoms with Crippen LogP contribution in [0.4, 0.5) is 0 Å². The number of nitrogens with zero attached hydrogens (tertiary/aromatic N) is 2. The third kappa shape index (κ3) is 4.27. The van der Waals surface area contributed by atoms with Gasteiger partial charge in [-0.1, -0.05) is 40.9 Å². The average Bonchev–Trinajstić information content (AvgIpc) is 2.60. The molecule has 0 atom stereocenters. The number of hydrogen-bond acceptors (Lipinski definition) is 3. The van der Waals surface area contributed by atoms with E-state index in [1.54, 1.807) is 12.1 Å². The Bertz CT molecular complexity index is 746. The summed E-state index contributed by atoms with van der Waals surface area (Å²) < 4.78 is 0. The van der Waals surface area contributed by atoms with Gasteiger partial charge in [0, 0.05) is 38.3 Å². The summed E-state index contributed by atoms with van der Waals surface area (Å²) >= 11 is 11.9. The number of carbonyl (C=O) groups excluding carboxylic acids is 1. The average molecular weight is 379 g/mol. The van der Waals surface area contributed by atoms with Gasteiger partial charge in [0.05, 0.1) is 10.0 Å². The number of aryl methyl sites for hydroxylation is 1. The molecule has 25 heavy (non-hydrogen) atoms. The van der Waals surface area contributed by atoms with Crippen LogP contribution in [0.5, 0.6) is 5.75 Å². The standard InChI is InChI=1S/C19H20Cl2N2O2/c1-13-2-4-15(5-3-13)19(25)23-8-6-22(7-9-23)12-14-10-16(20)18(24)17(21)11-14/h2-5,10-11,24H,6-9,12H2,1H3. The first-order valence-electron chi connectivity index (χ1n) is 8.19. The Labute approximate surface area is 157 Å². The fourth-order valence-electron chi connectivity index (χ4n) is 2.96. The van der Waals surface area contributed by atoms with Crippen molar-refractivity contribution in [3.05, 3.63) is 63.1 Å². The third-order valence-electron chi connectivity index (χ3n) is 4.44. The van der Waals surface area contributed by atoms with Gasteiger partial charge >= 0.3 is 0 Å². The summed E-state index contributed by atoms with van der Waals surface area (Å²) in [5.41, 5.74) is 2.83. The van der Waals surface area contributed by atoms with Crippen LogP contribution in [0.1, 0.15) is 21.5 Å². The van der Waals surface area contributed by atoms with Crippen molar-refractivity contribution in [3.8, 4) is 5.75 Å². The van der Waals surface area contributed by atoms with Crippen molar-refractivity contribution in [1.29, 1.82) is 0 Å². The summed E-state index contributed by atoms with van der Waals surface area (Å²) in [7, 11) is 0. The minimum Gasteiger partial charge on any atom is -0.505 e. The zero-order valence-corrected chi connectivity index (χ0v) is 15.5. The summed E-state index contributed by atoms with van der Waals surface area (Å²) in [6.45, 7) is 5.64. The Morgan fingerprint density at radius 3 is 2.16 bits per heavy atom. The fourth-order valence-corrected chi connectivity index (χ4v) is 3.49. The van der Waals surface area contributed by atoms with E-state index in [4.69, 9.17) is 23.2 Å². The second-order valence-corrected chi connectivity index (χ2v) is 7.16. The first-order valence-corrected chi connectivity index (χ1v) is 8.95. The lowest BCUT2D eigenvalue weighted by atomic mass is 10.1. The maximum absolute atomic E-state index is 12.5. The monoisotopic (exact) mass is 378 g/mol. The van der Waals surface area contributed by atoms with Crippen LogP contribution in [-0.2, 0) is 6.54 Å². The van der Waals surface area contributed by atoms with E-state index in [1.165, 1.54) is 0 Å². The molecular weight excluding hydrogens is 359 g/mol. The van der Waals surface area contributed by atoms with E-state index in [1.807, 2.05) is 36.1 Å². The molecule has 1 saturated heterocycles. The van der Waals surface area contributed by atoms with Crippen LogP contribution in [0.15, 0.2) is 36.4 Å². The van der Waals surface area contributed by atoms with E-state index < -0.39 is 0 Å². The van der Waals surface area contributed by atoms with Gasteiger partial charge in [0.25, 0.3) is 5.91 Å². The van der Waals surface area contributed by atoms with Crippen LogP contribution in [0.25, 0.3) is 0 Å². The Balaban J connectivity index is 1.58. The van der Waals surface area contributed by atoms with Gasteiger partial charge in [-0.25, -0.2) is 0 Å². The number of carbonyl (C=O) groups is 1. The second kappa shape index (κ2) is 7.65. The number of hydrogen-bond donors (Lipinski definition) is 1. The van der Waals surface area contributed by atoms with Crippen LogP contribution < -0.4 is 0 Å². The summed E-state index contributed by atoms with van der Waals surface area (Å²) in [5.74, 6) is -0.00373. The van der Waals surface area contributed by atoms with E-state index in [0.29, 0.717) is 19.6 Å². The molecule has 132 valence electrons. The quantitative estimate of drug-likeness (QED) is 0.878. The van der Waals surface area contributed by atoms with Crippen molar-refractivity contribution >= 4 is 29.1 Å². The molecule has 0 radical (unpaired) electrons. The highest BCUT2D eigenvalue weighted by molar-refractivity contribution is 6.37. The van der Waals surface area contributed by atoms with Crippen molar-refractivity contribution in [2.75, 3.05) is 26.2 Å². The molecule has 2 aromatic rings. The van der Waals surface area contributed by atoms with E-state index >= 15 is 0 Å². The Morgan fingerprint density at radius 1 is 1.04 bits per heavy atom. The number of rotatable bonds is 3. The minimum atomic E-state index is -0.0828. The number of aromatic hydroxyl groups is 1. The van der Waals surface area contributed by atoms with Gasteiger partial charge in [-0.2, -0.15) is 0 Å². The number of phenols is 1. The van der Waals surface area contributed by atoms with Gasteiger partial charge in [0.1, 0.15) is 0 Å². The maximum Gasteiger partial charge on any atom is 0.253 e. The predicted molar refractivity (Wildman–Crippen MR) is 100 cm³/mol. The van der Waals surface area contributed by atoms with Crippen molar-refractivity contribution in [2.24, 2.45) is 0 Å². The molecule has 2 aromatic carbocycles. The summed E-state index contributed by atoms with van der Waals surface area (Å²) in [6, 6.07) is 11.1. The van der Waals surface area contributed by atoms with Gasteiger partial charge < -0.3 is 10.0 Å². The summed E-state index contributed by atoms with van der Waals surface area (Å²) in [5, 5.41) is 10.2. The largest absolute Gasteiger partial charge is 0.505 e. The zero-order valence-electron chi connectivity index (χ0n) is 14.0. The normalized spacial score (nSPS) is 15.4. The Kier molecular flexibility index (Phi) is 5.52. The molecule has 3 rings (SSSR count). The molecule has 0 aromatic heterocycles. The molecule has 1 aliphatic rings. The molecule has 1 N–H and O–H groups in total. The molecule has 0 bridgehead atoms. The van der Waals surface area contributed by atoms with Crippen molar-refractivity contribution < 1.29 is 9.90 Å². The molecule has 0 saturated carbocycles. The highest BCUT2D eigenvalue weighted by Gasteiger charge is 2.22. The number of phenolic OH excluding ortho intramolecular Hbond substituents is 1. The lowest BCUT2D eigenvalue weighted by Gasteiger charge is -2.35. The van der Waals surface area contributed by atoms with Gasteiger partial charge in [-0.15, -0.1) is 0 Å². The topological polar surface area (TPSA) is 43.8 Å². The summed E-state index contributed by atoms with van der Waals surface area (Å²) in [6.07, 6.45) is 0. The van der Waals surface area contributed by atoms with E-state index in [-0.39, 0.29) is 21.7 Å². The molecular formula is C19H20Cl2N2O2. The van der Waals surface area contributed by atoms with Gasteiger partial charge in [0.15, 0.2) is 5.75 Å². The minimum absolute atomic E-state index is 0.0790. The molecule has 0 unspecified atom stereocenters. The lowest BCUT2D eigenvalue weighted by molar-refractivity contribution is 0.0628. The Morgan fingerprint density at radius 2 is 1.60 bits per heavy atom. The Hall–Kier alpha value is -1.75. The van der Waals surface area contributed by atoms with E-state index in [0.717, 1.165) is 29.8 Å². The van der Waals surface area contributed by atoms with Crippen LogP contribution >= 0.6 is 23.2 Å². The molecule has 1 fully saturated rings. The van der Waals surface area contributed by atoms with E-state index in [9.17, 15) is 9.90 Å². The fraction of sp³-hybridized carbons (Fsp3) is 0.316. The van der Waals surface area contributed by atoms with Gasteiger partial charge in [0.2, 0.25) is 0 Å². The number of benzene rings is 2. The second-order valence-electron chi connectivity index (χ2n) is 6.34. The van der Waals surface area contributed by atoms with Crippen molar-refractivity contribution in [2.45, 2.75) is 13.5 Å². The highest BCUT2D eigenvalue weighted by Crippen LogP contribution is 2.33. The van der Waals surface area contributed by atoms with Crippen LogP contribution in [0, 0.1) is 6.92 Å². The predicted octanol–water partition coefficient (Wildman–Crippen LogP) is 3.97. The van der Waals surface area contributed by atoms with Crippen LogP contribution in [0.2, 0.25) is 10.0 Å². The SMILES string of the molecule is Cc1ccc(C(=O)N2CCN(Cc3cc(Cl)c(O)c(Cl)c3)CC2)cc1.